The van der Waals surface area contributed by atoms with E-state index in [9.17, 15) is 5.11 Å². The summed E-state index contributed by atoms with van der Waals surface area (Å²) in [4.78, 5) is 0. The van der Waals surface area contributed by atoms with E-state index in [1.54, 1.807) is 12.1 Å². The molecule has 1 unspecified atom stereocenters. The number of hydrogen-bond donors (Lipinski definition) is 2. The third-order valence-corrected chi connectivity index (χ3v) is 2.98. The Kier molecular flexibility index (Phi) is 3.56. The summed E-state index contributed by atoms with van der Waals surface area (Å²) in [5.41, 5.74) is 4.69. The normalized spacial score (nSPS) is 12.2. The van der Waals surface area contributed by atoms with Crippen LogP contribution >= 0.6 is 0 Å². The van der Waals surface area contributed by atoms with Crippen molar-refractivity contribution in [3.05, 3.63) is 59.2 Å². The molecule has 0 aromatic heterocycles. The van der Waals surface area contributed by atoms with Crippen molar-refractivity contribution in [3.63, 3.8) is 0 Å². The van der Waals surface area contributed by atoms with Crippen molar-refractivity contribution in [3.8, 4) is 5.75 Å². The number of aryl methyl sites for hydroxylation is 2. The van der Waals surface area contributed by atoms with E-state index < -0.39 is 0 Å². The van der Waals surface area contributed by atoms with E-state index in [1.165, 1.54) is 11.1 Å². The van der Waals surface area contributed by atoms with Crippen LogP contribution in [0.25, 0.3) is 0 Å². The van der Waals surface area contributed by atoms with Crippen LogP contribution in [0.5, 0.6) is 5.75 Å². The highest BCUT2D eigenvalue weighted by molar-refractivity contribution is 5.50. The van der Waals surface area contributed by atoms with Crippen LogP contribution in [0.2, 0.25) is 0 Å². The van der Waals surface area contributed by atoms with E-state index in [0.717, 1.165) is 11.3 Å². The first-order valence-corrected chi connectivity index (χ1v) is 6.18. The summed E-state index contributed by atoms with van der Waals surface area (Å²) in [5.74, 6) is 0.307. The van der Waals surface area contributed by atoms with E-state index in [0.29, 0.717) is 5.75 Å². The monoisotopic (exact) mass is 241 g/mol. The van der Waals surface area contributed by atoms with Gasteiger partial charge in [0.1, 0.15) is 5.75 Å². The Bertz CT molecular complexity index is 528. The molecule has 2 heteroatoms. The fraction of sp³-hybridized carbons (Fsp3) is 0.250. The second-order valence-corrected chi connectivity index (χ2v) is 4.84. The average Bonchev–Trinajstić information content (AvgIpc) is 2.27. The molecule has 0 radical (unpaired) electrons. The average molecular weight is 241 g/mol. The quantitative estimate of drug-likeness (QED) is 0.844. The summed E-state index contributed by atoms with van der Waals surface area (Å²) in [6.45, 7) is 6.28. The van der Waals surface area contributed by atoms with Crippen molar-refractivity contribution in [1.82, 2.24) is 0 Å². The zero-order valence-electron chi connectivity index (χ0n) is 11.1. The number of hydrogen-bond acceptors (Lipinski definition) is 2. The lowest BCUT2D eigenvalue weighted by molar-refractivity contribution is 0.474. The topological polar surface area (TPSA) is 32.3 Å². The maximum atomic E-state index is 9.49. The summed E-state index contributed by atoms with van der Waals surface area (Å²) in [5, 5.41) is 12.9. The standard InChI is InChI=1S/C16H19NO/c1-11-7-12(2)9-15(8-11)17-13(3)14-5-4-6-16(18)10-14/h4-10,13,17-18H,1-3H3. The molecule has 0 saturated carbocycles. The van der Waals surface area contributed by atoms with E-state index in [-0.39, 0.29) is 6.04 Å². The minimum Gasteiger partial charge on any atom is -0.508 e. The van der Waals surface area contributed by atoms with Gasteiger partial charge in [0.05, 0.1) is 0 Å². The minimum atomic E-state index is 0.165. The summed E-state index contributed by atoms with van der Waals surface area (Å²) in [7, 11) is 0. The Hall–Kier alpha value is -1.96. The zero-order valence-corrected chi connectivity index (χ0v) is 11.1. The Morgan fingerprint density at radius 2 is 1.67 bits per heavy atom. The van der Waals surface area contributed by atoms with Crippen molar-refractivity contribution in [1.29, 1.82) is 0 Å². The molecule has 0 aliphatic heterocycles. The number of anilines is 1. The van der Waals surface area contributed by atoms with Crippen LogP contribution < -0.4 is 5.32 Å². The first-order chi connectivity index (χ1) is 8.54. The molecule has 2 aromatic rings. The van der Waals surface area contributed by atoms with Crippen LogP contribution in [-0.4, -0.2) is 5.11 Å². The lowest BCUT2D eigenvalue weighted by Gasteiger charge is -2.17. The maximum absolute atomic E-state index is 9.49. The first-order valence-electron chi connectivity index (χ1n) is 6.18. The van der Waals surface area contributed by atoms with Gasteiger partial charge in [0.15, 0.2) is 0 Å². The van der Waals surface area contributed by atoms with Gasteiger partial charge in [0, 0.05) is 11.7 Å². The van der Waals surface area contributed by atoms with Gasteiger partial charge in [-0.1, -0.05) is 18.2 Å². The fourth-order valence-electron chi connectivity index (χ4n) is 2.19. The molecule has 0 bridgehead atoms. The summed E-state index contributed by atoms with van der Waals surface area (Å²) >= 11 is 0. The zero-order chi connectivity index (χ0) is 13.1. The SMILES string of the molecule is Cc1cc(C)cc(NC(C)c2cccc(O)c2)c1. The predicted octanol–water partition coefficient (Wildman–Crippen LogP) is 4.18. The second kappa shape index (κ2) is 5.13. The van der Waals surface area contributed by atoms with Crippen LogP contribution in [0.1, 0.15) is 29.7 Å². The molecule has 0 amide bonds. The molecule has 0 saturated heterocycles. The first kappa shape index (κ1) is 12.5. The van der Waals surface area contributed by atoms with Crippen LogP contribution in [0.4, 0.5) is 5.69 Å². The van der Waals surface area contributed by atoms with Crippen molar-refractivity contribution in [2.75, 3.05) is 5.32 Å². The number of phenolic OH excluding ortho intramolecular Hbond substituents is 1. The van der Waals surface area contributed by atoms with E-state index >= 15 is 0 Å². The molecule has 94 valence electrons. The van der Waals surface area contributed by atoms with Crippen molar-refractivity contribution < 1.29 is 5.11 Å². The van der Waals surface area contributed by atoms with Gasteiger partial charge in [0.25, 0.3) is 0 Å². The van der Waals surface area contributed by atoms with Crippen LogP contribution in [0, 0.1) is 13.8 Å². The number of aromatic hydroxyl groups is 1. The maximum Gasteiger partial charge on any atom is 0.115 e. The molecular weight excluding hydrogens is 222 g/mol. The molecule has 2 nitrogen and oxygen atoms in total. The van der Waals surface area contributed by atoms with Crippen LogP contribution in [0.15, 0.2) is 42.5 Å². The molecule has 2 N–H and O–H groups in total. The van der Waals surface area contributed by atoms with Crippen molar-refractivity contribution >= 4 is 5.69 Å². The minimum absolute atomic E-state index is 0.165. The van der Waals surface area contributed by atoms with E-state index in [2.05, 4.69) is 44.3 Å². The van der Waals surface area contributed by atoms with E-state index in [1.807, 2.05) is 12.1 Å². The fourth-order valence-corrected chi connectivity index (χ4v) is 2.19. The van der Waals surface area contributed by atoms with Crippen molar-refractivity contribution in [2.45, 2.75) is 26.8 Å². The highest BCUT2D eigenvalue weighted by atomic mass is 16.3. The summed E-state index contributed by atoms with van der Waals surface area (Å²) in [6.07, 6.45) is 0. The third-order valence-electron chi connectivity index (χ3n) is 2.98. The number of nitrogens with one attached hydrogen (secondary N) is 1. The lowest BCUT2D eigenvalue weighted by atomic mass is 10.1. The predicted molar refractivity (Wildman–Crippen MR) is 76.1 cm³/mol. The van der Waals surface area contributed by atoms with Crippen LogP contribution in [0.3, 0.4) is 0 Å². The van der Waals surface area contributed by atoms with Gasteiger partial charge < -0.3 is 10.4 Å². The molecule has 0 aliphatic carbocycles. The number of benzene rings is 2. The molecule has 0 heterocycles. The highest BCUT2D eigenvalue weighted by Gasteiger charge is 2.06. The third kappa shape index (κ3) is 3.04. The van der Waals surface area contributed by atoms with Gasteiger partial charge in [-0.25, -0.2) is 0 Å². The lowest BCUT2D eigenvalue weighted by Crippen LogP contribution is -2.06. The van der Waals surface area contributed by atoms with Gasteiger partial charge in [-0.15, -0.1) is 0 Å². The Morgan fingerprint density at radius 1 is 1.00 bits per heavy atom. The molecule has 1 atom stereocenters. The molecule has 2 aromatic carbocycles. The van der Waals surface area contributed by atoms with Gasteiger partial charge in [-0.3, -0.25) is 0 Å². The Balaban J connectivity index is 2.18. The molecule has 2 rings (SSSR count). The Labute approximate surface area is 108 Å². The van der Waals surface area contributed by atoms with Gasteiger partial charge >= 0.3 is 0 Å². The molecule has 18 heavy (non-hydrogen) atoms. The Morgan fingerprint density at radius 3 is 2.28 bits per heavy atom. The number of rotatable bonds is 3. The highest BCUT2D eigenvalue weighted by Crippen LogP contribution is 2.23. The van der Waals surface area contributed by atoms with Gasteiger partial charge in [-0.2, -0.15) is 0 Å². The molecular formula is C16H19NO. The molecule has 0 fully saturated rings. The summed E-state index contributed by atoms with van der Waals surface area (Å²) in [6, 6.07) is 13.9. The number of phenols is 1. The second-order valence-electron chi connectivity index (χ2n) is 4.84. The molecule has 0 spiro atoms. The van der Waals surface area contributed by atoms with Crippen molar-refractivity contribution in [2.24, 2.45) is 0 Å². The van der Waals surface area contributed by atoms with Crippen LogP contribution in [-0.2, 0) is 0 Å². The largest absolute Gasteiger partial charge is 0.508 e. The van der Waals surface area contributed by atoms with Gasteiger partial charge in [0.2, 0.25) is 0 Å². The summed E-state index contributed by atoms with van der Waals surface area (Å²) < 4.78 is 0. The van der Waals surface area contributed by atoms with Gasteiger partial charge in [-0.05, 0) is 61.7 Å². The smallest absolute Gasteiger partial charge is 0.115 e. The molecule has 0 aliphatic rings. The van der Waals surface area contributed by atoms with E-state index in [4.69, 9.17) is 0 Å².